The third-order valence-electron chi connectivity index (χ3n) is 1.47. The summed E-state index contributed by atoms with van der Waals surface area (Å²) in [6, 6.07) is 0. The quantitative estimate of drug-likeness (QED) is 0.251. The van der Waals surface area contributed by atoms with Gasteiger partial charge in [0.05, 0.1) is 5.83 Å². The summed E-state index contributed by atoms with van der Waals surface area (Å²) in [7, 11) is 0. The Labute approximate surface area is 99.1 Å². The topological polar surface area (TPSA) is 69.4 Å². The summed E-state index contributed by atoms with van der Waals surface area (Å²) in [5, 5.41) is 10.4. The summed E-state index contributed by atoms with van der Waals surface area (Å²) < 4.78 is 17.5. The third-order valence-corrected chi connectivity index (χ3v) is 1.47. The Morgan fingerprint density at radius 3 is 2.29 bits per heavy atom. The lowest BCUT2D eigenvalue weighted by molar-refractivity contribution is -0.470. The van der Waals surface area contributed by atoms with Gasteiger partial charge in [-0.1, -0.05) is 0 Å². The molecule has 6 heteroatoms. The Hall–Kier alpha value is -1.72. The van der Waals surface area contributed by atoms with Crippen LogP contribution < -0.4 is 0 Å². The Morgan fingerprint density at radius 2 is 1.94 bits per heavy atom. The van der Waals surface area contributed by atoms with E-state index in [-0.39, 0.29) is 5.57 Å². The molecule has 0 aromatic heterocycles. The van der Waals surface area contributed by atoms with Gasteiger partial charge in [0.25, 0.3) is 0 Å². The Balaban J connectivity index is 4.93. The molecule has 0 heterocycles. The molecule has 0 radical (unpaired) electrons. The molecule has 0 aliphatic heterocycles. The van der Waals surface area contributed by atoms with Crippen LogP contribution in [0.1, 0.15) is 27.7 Å². The Bertz CT molecular complexity index is 362. The summed E-state index contributed by atoms with van der Waals surface area (Å²) in [5.41, 5.74) is -0.941. The van der Waals surface area contributed by atoms with Crippen molar-refractivity contribution in [2.45, 2.75) is 33.3 Å². The third kappa shape index (κ3) is 8.12. The van der Waals surface area contributed by atoms with E-state index in [1.54, 1.807) is 20.8 Å². The summed E-state index contributed by atoms with van der Waals surface area (Å²) in [6.07, 6.45) is 2.05. The minimum atomic E-state index is -0.813. The molecular formula is C11H16FNO4. The zero-order chi connectivity index (χ0) is 13.6. The molecule has 0 aliphatic carbocycles. The summed E-state index contributed by atoms with van der Waals surface area (Å²) in [4.78, 5) is 21.3. The minimum Gasteiger partial charge on any atom is -0.456 e. The second-order valence-corrected chi connectivity index (χ2v) is 4.44. The zero-order valence-corrected chi connectivity index (χ0v) is 10.3. The van der Waals surface area contributed by atoms with Crippen LogP contribution in [0, 0.1) is 10.1 Å². The van der Waals surface area contributed by atoms with Crippen molar-refractivity contribution in [2.24, 2.45) is 0 Å². The van der Waals surface area contributed by atoms with Crippen LogP contribution in [0.3, 0.4) is 0 Å². The number of hydrogen-bond acceptors (Lipinski definition) is 4. The number of hydrogen-bond donors (Lipinski definition) is 0. The molecule has 0 bridgehead atoms. The molecule has 0 saturated heterocycles. The molecule has 96 valence electrons. The fourth-order valence-corrected chi connectivity index (χ4v) is 0.883. The maximum absolute atomic E-state index is 12.5. The van der Waals surface area contributed by atoms with Crippen molar-refractivity contribution in [3.63, 3.8) is 0 Å². The van der Waals surface area contributed by atoms with Crippen LogP contribution >= 0.6 is 0 Å². The van der Waals surface area contributed by atoms with Gasteiger partial charge in [-0.25, -0.2) is 9.18 Å². The van der Waals surface area contributed by atoms with Gasteiger partial charge in [0.2, 0.25) is 6.54 Å². The Kier molecular flexibility index (Phi) is 5.50. The molecule has 0 aliphatic rings. The molecule has 0 rings (SSSR count). The van der Waals surface area contributed by atoms with Crippen LogP contribution in [-0.4, -0.2) is 23.0 Å². The molecule has 0 aromatic carbocycles. The largest absolute Gasteiger partial charge is 0.456 e. The van der Waals surface area contributed by atoms with E-state index < -0.39 is 28.9 Å². The number of carbonyl (C=O) groups excluding carboxylic acids is 1. The molecule has 0 aromatic rings. The molecule has 0 amide bonds. The summed E-state index contributed by atoms with van der Waals surface area (Å²) >= 11 is 0. The van der Waals surface area contributed by atoms with Crippen LogP contribution in [0.2, 0.25) is 0 Å². The lowest BCUT2D eigenvalue weighted by Gasteiger charge is -2.19. The van der Waals surface area contributed by atoms with Gasteiger partial charge in [-0.3, -0.25) is 10.1 Å². The van der Waals surface area contributed by atoms with Crippen LogP contribution in [0.4, 0.5) is 4.39 Å². The number of halogens is 1. The van der Waals surface area contributed by atoms with Crippen LogP contribution in [0.25, 0.3) is 0 Å². The van der Waals surface area contributed by atoms with E-state index in [0.29, 0.717) is 0 Å². The molecule has 5 nitrogen and oxygen atoms in total. The van der Waals surface area contributed by atoms with E-state index in [0.717, 1.165) is 12.2 Å². The number of carbonyl (C=O) groups is 1. The van der Waals surface area contributed by atoms with Gasteiger partial charge in [0.1, 0.15) is 11.2 Å². The number of esters is 1. The number of allylic oxidation sites excluding steroid dienone is 3. The first kappa shape index (κ1) is 15.3. The molecule has 0 atom stereocenters. The fraction of sp³-hybridized carbons (Fsp3) is 0.545. The van der Waals surface area contributed by atoms with E-state index in [1.807, 2.05) is 0 Å². The highest BCUT2D eigenvalue weighted by Crippen LogP contribution is 2.11. The van der Waals surface area contributed by atoms with Crippen LogP contribution in [0.5, 0.6) is 0 Å². The first-order valence-corrected chi connectivity index (χ1v) is 5.00. The molecule has 0 saturated carbocycles. The van der Waals surface area contributed by atoms with Gasteiger partial charge < -0.3 is 4.74 Å². The van der Waals surface area contributed by atoms with Crippen molar-refractivity contribution < 1.29 is 18.8 Å². The van der Waals surface area contributed by atoms with Gasteiger partial charge in [-0.2, -0.15) is 0 Å². The average Bonchev–Trinajstić information content (AvgIpc) is 2.08. The van der Waals surface area contributed by atoms with Gasteiger partial charge in [0, 0.05) is 4.92 Å². The second kappa shape index (κ2) is 6.12. The molecule has 0 spiro atoms. The lowest BCUT2D eigenvalue weighted by Crippen LogP contribution is -2.26. The Morgan fingerprint density at radius 1 is 1.41 bits per heavy atom. The monoisotopic (exact) mass is 245 g/mol. The number of nitro groups is 1. The highest BCUT2D eigenvalue weighted by Gasteiger charge is 2.22. The van der Waals surface area contributed by atoms with Crippen LogP contribution in [-0.2, 0) is 9.53 Å². The van der Waals surface area contributed by atoms with E-state index in [1.165, 1.54) is 6.92 Å². The predicted octanol–water partition coefficient (Wildman–Crippen LogP) is 2.40. The van der Waals surface area contributed by atoms with E-state index in [2.05, 4.69) is 0 Å². The van der Waals surface area contributed by atoms with Crippen molar-refractivity contribution >= 4 is 5.97 Å². The number of nitrogens with zero attached hydrogens (tertiary/aromatic N) is 1. The van der Waals surface area contributed by atoms with Crippen molar-refractivity contribution in [3.05, 3.63) is 33.7 Å². The molecule has 0 unspecified atom stereocenters. The van der Waals surface area contributed by atoms with E-state index in [4.69, 9.17) is 4.74 Å². The lowest BCUT2D eigenvalue weighted by atomic mass is 10.1. The van der Waals surface area contributed by atoms with E-state index in [9.17, 15) is 19.3 Å². The first-order chi connectivity index (χ1) is 7.61. The van der Waals surface area contributed by atoms with Crippen molar-refractivity contribution in [1.29, 1.82) is 0 Å². The second-order valence-electron chi connectivity index (χ2n) is 4.44. The standard InChI is InChI=1S/C11H16FNO4/c1-8(12)5-6-9(7-13(15)16)10(14)17-11(2,3)4/h5-6H,7H2,1-4H3/b8-5+,9-6+. The van der Waals surface area contributed by atoms with Gasteiger partial charge in [0.15, 0.2) is 0 Å². The SMILES string of the molecule is C/C(F)=C\C=C(/C[N+](=O)[O-])C(=O)OC(C)(C)C. The number of ether oxygens (including phenoxy) is 1. The predicted molar refractivity (Wildman–Crippen MR) is 60.7 cm³/mol. The smallest absolute Gasteiger partial charge is 0.341 e. The van der Waals surface area contributed by atoms with E-state index >= 15 is 0 Å². The number of rotatable bonds is 4. The van der Waals surface area contributed by atoms with Crippen molar-refractivity contribution in [3.8, 4) is 0 Å². The van der Waals surface area contributed by atoms with Crippen LogP contribution in [0.15, 0.2) is 23.6 Å². The molecular weight excluding hydrogens is 229 g/mol. The average molecular weight is 245 g/mol. The molecule has 17 heavy (non-hydrogen) atoms. The maximum atomic E-state index is 12.5. The minimum absolute atomic E-state index is 0.193. The first-order valence-electron chi connectivity index (χ1n) is 5.00. The van der Waals surface area contributed by atoms with Gasteiger partial charge in [-0.15, -0.1) is 0 Å². The highest BCUT2D eigenvalue weighted by atomic mass is 19.1. The maximum Gasteiger partial charge on any atom is 0.341 e. The molecule has 0 N–H and O–H groups in total. The molecule has 0 fully saturated rings. The summed E-state index contributed by atoms with van der Waals surface area (Å²) in [5.74, 6) is -1.36. The summed E-state index contributed by atoms with van der Waals surface area (Å²) in [6.45, 7) is 5.41. The zero-order valence-electron chi connectivity index (χ0n) is 10.3. The van der Waals surface area contributed by atoms with Crippen molar-refractivity contribution in [2.75, 3.05) is 6.54 Å². The van der Waals surface area contributed by atoms with Gasteiger partial charge >= 0.3 is 5.97 Å². The van der Waals surface area contributed by atoms with Gasteiger partial charge in [-0.05, 0) is 39.8 Å². The normalized spacial score (nSPS) is 13.5. The fourth-order valence-electron chi connectivity index (χ4n) is 0.883. The van der Waals surface area contributed by atoms with Crippen molar-refractivity contribution in [1.82, 2.24) is 0 Å². The highest BCUT2D eigenvalue weighted by molar-refractivity contribution is 5.89.